The monoisotopic (exact) mass is 385 g/mol. The number of nitrogens with zero attached hydrogens (tertiary/aromatic N) is 2. The molecule has 0 spiro atoms. The van der Waals surface area contributed by atoms with Gasteiger partial charge in [-0.1, -0.05) is 30.3 Å². The standard InChI is InChI=1S/C20H17F2N3OS/c21-16-6-3-7-17(22)18(16)19(26)24-20-23-15(12-27-20)11-25-9-8-13-4-1-2-5-14(13)10-25/h1-7,12H,8-11H2,(H,23,24,26). The number of aromatic nitrogens is 1. The van der Waals surface area contributed by atoms with E-state index in [2.05, 4.69) is 33.4 Å². The minimum atomic E-state index is -0.892. The minimum Gasteiger partial charge on any atom is -0.298 e. The first-order valence-corrected chi connectivity index (χ1v) is 9.47. The average molecular weight is 385 g/mol. The Labute approximate surface area is 159 Å². The Hall–Kier alpha value is -2.64. The third-order valence-corrected chi connectivity index (χ3v) is 5.36. The van der Waals surface area contributed by atoms with Crippen LogP contribution in [0.5, 0.6) is 0 Å². The highest BCUT2D eigenvalue weighted by Gasteiger charge is 2.20. The number of carbonyl (C=O) groups is 1. The van der Waals surface area contributed by atoms with Crippen LogP contribution in [0.15, 0.2) is 47.8 Å². The number of fused-ring (bicyclic) bond motifs is 1. The molecule has 1 aliphatic heterocycles. The predicted molar refractivity (Wildman–Crippen MR) is 101 cm³/mol. The second kappa shape index (κ2) is 7.54. The van der Waals surface area contributed by atoms with Gasteiger partial charge in [-0.2, -0.15) is 0 Å². The Morgan fingerprint density at radius 3 is 2.63 bits per heavy atom. The number of carbonyl (C=O) groups excluding carboxylic acids is 1. The number of amides is 1. The molecule has 2 heterocycles. The Balaban J connectivity index is 1.41. The van der Waals surface area contributed by atoms with Crippen LogP contribution in [0.4, 0.5) is 13.9 Å². The molecule has 4 nitrogen and oxygen atoms in total. The van der Waals surface area contributed by atoms with Crippen molar-refractivity contribution in [1.29, 1.82) is 0 Å². The highest BCUT2D eigenvalue weighted by atomic mass is 32.1. The maximum absolute atomic E-state index is 13.7. The van der Waals surface area contributed by atoms with Crippen molar-refractivity contribution in [3.05, 3.63) is 81.9 Å². The van der Waals surface area contributed by atoms with Crippen molar-refractivity contribution in [2.75, 3.05) is 11.9 Å². The zero-order valence-electron chi connectivity index (χ0n) is 14.4. The number of nitrogens with one attached hydrogen (secondary N) is 1. The lowest BCUT2D eigenvalue weighted by atomic mass is 10.00. The molecular weight excluding hydrogens is 368 g/mol. The van der Waals surface area contributed by atoms with E-state index in [-0.39, 0.29) is 0 Å². The van der Waals surface area contributed by atoms with Crippen molar-refractivity contribution in [2.45, 2.75) is 19.5 Å². The van der Waals surface area contributed by atoms with Crippen LogP contribution < -0.4 is 5.32 Å². The molecule has 0 atom stereocenters. The summed E-state index contributed by atoms with van der Waals surface area (Å²) >= 11 is 1.24. The molecule has 3 aromatic rings. The van der Waals surface area contributed by atoms with Crippen LogP contribution in [-0.4, -0.2) is 22.3 Å². The van der Waals surface area contributed by atoms with Crippen molar-refractivity contribution in [3.8, 4) is 0 Å². The summed E-state index contributed by atoms with van der Waals surface area (Å²) in [5, 5.41) is 4.67. The number of thiazole rings is 1. The first kappa shape index (κ1) is 17.8. The van der Waals surface area contributed by atoms with Crippen molar-refractivity contribution in [1.82, 2.24) is 9.88 Å². The third-order valence-electron chi connectivity index (χ3n) is 4.56. The average Bonchev–Trinajstić information content (AvgIpc) is 3.08. The summed E-state index contributed by atoms with van der Waals surface area (Å²) in [5.74, 6) is -2.62. The highest BCUT2D eigenvalue weighted by molar-refractivity contribution is 7.14. The molecule has 1 aliphatic rings. The number of hydrogen-bond acceptors (Lipinski definition) is 4. The number of hydrogen-bond donors (Lipinski definition) is 1. The lowest BCUT2D eigenvalue weighted by molar-refractivity contribution is 0.101. The second-order valence-electron chi connectivity index (χ2n) is 6.42. The lowest BCUT2D eigenvalue weighted by Crippen LogP contribution is -2.30. The van der Waals surface area contributed by atoms with Crippen LogP contribution in [0.25, 0.3) is 0 Å². The van der Waals surface area contributed by atoms with E-state index in [4.69, 9.17) is 0 Å². The lowest BCUT2D eigenvalue weighted by Gasteiger charge is -2.27. The minimum absolute atomic E-state index is 0.329. The molecule has 27 heavy (non-hydrogen) atoms. The van der Waals surface area contributed by atoms with E-state index in [1.807, 2.05) is 11.4 Å². The number of anilines is 1. The SMILES string of the molecule is O=C(Nc1nc(CN2CCc3ccccc3C2)cs1)c1c(F)cccc1F. The van der Waals surface area contributed by atoms with Crippen LogP contribution in [0.2, 0.25) is 0 Å². The summed E-state index contributed by atoms with van der Waals surface area (Å²) in [4.78, 5) is 18.8. The quantitative estimate of drug-likeness (QED) is 0.731. The molecule has 1 N–H and O–H groups in total. The van der Waals surface area contributed by atoms with E-state index >= 15 is 0 Å². The molecule has 138 valence electrons. The van der Waals surface area contributed by atoms with Crippen molar-refractivity contribution in [2.24, 2.45) is 0 Å². The van der Waals surface area contributed by atoms with Crippen LogP contribution in [0.1, 0.15) is 27.2 Å². The van der Waals surface area contributed by atoms with Crippen molar-refractivity contribution >= 4 is 22.4 Å². The molecule has 1 aromatic heterocycles. The smallest absolute Gasteiger partial charge is 0.263 e. The second-order valence-corrected chi connectivity index (χ2v) is 7.28. The molecule has 0 saturated heterocycles. The Bertz CT molecular complexity index is 969. The largest absolute Gasteiger partial charge is 0.298 e. The summed E-state index contributed by atoms with van der Waals surface area (Å²) in [6.07, 6.45) is 0.996. The van der Waals surface area contributed by atoms with E-state index in [0.717, 1.165) is 37.3 Å². The van der Waals surface area contributed by atoms with E-state index in [1.54, 1.807) is 0 Å². The van der Waals surface area contributed by atoms with Crippen LogP contribution in [-0.2, 0) is 19.5 Å². The summed E-state index contributed by atoms with van der Waals surface area (Å²) in [6, 6.07) is 11.7. The number of rotatable bonds is 4. The van der Waals surface area contributed by atoms with Crippen molar-refractivity contribution in [3.63, 3.8) is 0 Å². The molecule has 7 heteroatoms. The Morgan fingerprint density at radius 2 is 1.85 bits per heavy atom. The molecule has 0 bridgehead atoms. The molecule has 0 radical (unpaired) electrons. The van der Waals surface area contributed by atoms with Gasteiger partial charge in [-0.3, -0.25) is 15.0 Å². The van der Waals surface area contributed by atoms with Crippen molar-refractivity contribution < 1.29 is 13.6 Å². The Kier molecular flexibility index (Phi) is 4.96. The number of benzene rings is 2. The van der Waals surface area contributed by atoms with Gasteiger partial charge in [0.25, 0.3) is 5.91 Å². The highest BCUT2D eigenvalue weighted by Crippen LogP contribution is 2.23. The summed E-state index contributed by atoms with van der Waals surface area (Å²) < 4.78 is 27.4. The normalized spacial score (nSPS) is 14.0. The summed E-state index contributed by atoms with van der Waals surface area (Å²) in [7, 11) is 0. The fraction of sp³-hybridized carbons (Fsp3) is 0.200. The van der Waals surface area contributed by atoms with Gasteiger partial charge in [0.05, 0.1) is 5.69 Å². The fourth-order valence-corrected chi connectivity index (χ4v) is 3.93. The molecule has 2 aromatic carbocycles. The maximum Gasteiger partial charge on any atom is 0.263 e. The summed E-state index contributed by atoms with van der Waals surface area (Å²) in [5.41, 5.74) is 2.93. The zero-order valence-corrected chi connectivity index (χ0v) is 15.2. The summed E-state index contributed by atoms with van der Waals surface area (Å²) in [6.45, 7) is 2.46. The molecular formula is C20H17F2N3OS. The molecule has 0 fully saturated rings. The van der Waals surface area contributed by atoms with E-state index in [9.17, 15) is 13.6 Å². The van der Waals surface area contributed by atoms with Gasteiger partial charge in [0.15, 0.2) is 5.13 Å². The molecule has 1 amide bonds. The van der Waals surface area contributed by atoms with Gasteiger partial charge >= 0.3 is 0 Å². The maximum atomic E-state index is 13.7. The zero-order chi connectivity index (χ0) is 18.8. The van der Waals surface area contributed by atoms with Gasteiger partial charge in [-0.25, -0.2) is 13.8 Å². The first-order chi connectivity index (χ1) is 13.1. The van der Waals surface area contributed by atoms with Gasteiger partial charge in [-0.15, -0.1) is 11.3 Å². The molecule has 0 saturated carbocycles. The van der Waals surface area contributed by atoms with Gasteiger partial charge in [-0.05, 0) is 29.7 Å². The van der Waals surface area contributed by atoms with Gasteiger partial charge in [0, 0.05) is 25.0 Å². The molecule has 0 aliphatic carbocycles. The van der Waals surface area contributed by atoms with Crippen LogP contribution in [0, 0.1) is 11.6 Å². The van der Waals surface area contributed by atoms with Gasteiger partial charge in [0.1, 0.15) is 17.2 Å². The Morgan fingerprint density at radius 1 is 1.11 bits per heavy atom. The third kappa shape index (κ3) is 3.89. The fourth-order valence-electron chi connectivity index (χ4n) is 3.23. The van der Waals surface area contributed by atoms with E-state index in [1.165, 1.54) is 28.5 Å². The predicted octanol–water partition coefficient (Wildman–Crippen LogP) is 4.23. The van der Waals surface area contributed by atoms with Crippen LogP contribution >= 0.6 is 11.3 Å². The first-order valence-electron chi connectivity index (χ1n) is 8.59. The van der Waals surface area contributed by atoms with Crippen LogP contribution in [0.3, 0.4) is 0 Å². The van der Waals surface area contributed by atoms with Gasteiger partial charge < -0.3 is 0 Å². The molecule has 0 unspecified atom stereocenters. The topological polar surface area (TPSA) is 45.2 Å². The van der Waals surface area contributed by atoms with E-state index < -0.39 is 23.1 Å². The van der Waals surface area contributed by atoms with Gasteiger partial charge in [0.2, 0.25) is 0 Å². The van der Waals surface area contributed by atoms with E-state index in [0.29, 0.717) is 11.7 Å². The number of halogens is 2. The molecule has 4 rings (SSSR count).